The first kappa shape index (κ1) is 21.9. The van der Waals surface area contributed by atoms with Gasteiger partial charge in [0.2, 0.25) is 0 Å². The second-order valence-electron chi connectivity index (χ2n) is 8.16. The molecule has 162 valence electrons. The summed E-state index contributed by atoms with van der Waals surface area (Å²) >= 11 is 5.86. The lowest BCUT2D eigenvalue weighted by Crippen LogP contribution is -2.31. The molecule has 1 aromatic carbocycles. The summed E-state index contributed by atoms with van der Waals surface area (Å²) in [5, 5.41) is 8.49. The van der Waals surface area contributed by atoms with E-state index in [9.17, 15) is 0 Å². The first-order valence-corrected chi connectivity index (χ1v) is 10.9. The number of halogens is 1. The summed E-state index contributed by atoms with van der Waals surface area (Å²) < 4.78 is 5.85. The molecule has 32 heavy (non-hydrogen) atoms. The van der Waals surface area contributed by atoms with Crippen molar-refractivity contribution in [3.05, 3.63) is 101 Å². The maximum Gasteiger partial charge on any atom is 0.151 e. The van der Waals surface area contributed by atoms with Crippen molar-refractivity contribution >= 4 is 11.6 Å². The van der Waals surface area contributed by atoms with Gasteiger partial charge in [-0.3, -0.25) is 9.97 Å². The Kier molecular flexibility index (Phi) is 6.47. The Bertz CT molecular complexity index is 1150. The summed E-state index contributed by atoms with van der Waals surface area (Å²) in [5.74, 6) is 1.05. The molecule has 0 saturated carbocycles. The smallest absolute Gasteiger partial charge is 0.151 e. The van der Waals surface area contributed by atoms with Crippen LogP contribution in [-0.4, -0.2) is 20.2 Å². The van der Waals surface area contributed by atoms with E-state index in [-0.39, 0.29) is 5.41 Å². The average Bonchev–Trinajstić information content (AvgIpc) is 2.84. The molecule has 0 aliphatic heterocycles. The third kappa shape index (κ3) is 4.63. The predicted octanol–water partition coefficient (Wildman–Crippen LogP) is 6.13. The Hall–Kier alpha value is -3.31. The minimum Gasteiger partial charge on any atom is -0.486 e. The Morgan fingerprint density at radius 3 is 2.31 bits per heavy atom. The Morgan fingerprint density at radius 2 is 1.72 bits per heavy atom. The van der Waals surface area contributed by atoms with Crippen LogP contribution < -0.4 is 4.74 Å². The van der Waals surface area contributed by atoms with Gasteiger partial charge in [-0.2, -0.15) is 0 Å². The SMILES string of the molecule is CC(C)C(C)(c1ccc(-c2ccc(Cl)nn2)cc1)c1ccc(OCc2ccccn2)cn1. The van der Waals surface area contributed by atoms with E-state index in [4.69, 9.17) is 21.3 Å². The molecule has 0 bridgehead atoms. The van der Waals surface area contributed by atoms with Gasteiger partial charge in [0.15, 0.2) is 5.15 Å². The summed E-state index contributed by atoms with van der Waals surface area (Å²) in [5.41, 5.74) is 4.59. The second-order valence-corrected chi connectivity index (χ2v) is 8.55. The number of pyridine rings is 2. The fraction of sp³-hybridized carbons (Fsp3) is 0.231. The van der Waals surface area contributed by atoms with Crippen molar-refractivity contribution in [3.63, 3.8) is 0 Å². The fourth-order valence-corrected chi connectivity index (χ4v) is 3.75. The highest BCUT2D eigenvalue weighted by Gasteiger charge is 2.34. The van der Waals surface area contributed by atoms with Crippen LogP contribution in [0.15, 0.2) is 79.1 Å². The molecule has 4 rings (SSSR count). The van der Waals surface area contributed by atoms with Crippen molar-refractivity contribution in [3.8, 4) is 17.0 Å². The number of nitrogens with zero attached hydrogens (tertiary/aromatic N) is 4. The number of hydrogen-bond acceptors (Lipinski definition) is 5. The minimum atomic E-state index is -0.260. The van der Waals surface area contributed by atoms with Crippen molar-refractivity contribution in [1.82, 2.24) is 20.2 Å². The van der Waals surface area contributed by atoms with Gasteiger partial charge >= 0.3 is 0 Å². The normalized spacial score (nSPS) is 13.0. The van der Waals surface area contributed by atoms with E-state index in [1.807, 2.05) is 36.4 Å². The van der Waals surface area contributed by atoms with Crippen molar-refractivity contribution in [2.24, 2.45) is 5.92 Å². The molecule has 3 heterocycles. The van der Waals surface area contributed by atoms with Gasteiger partial charge in [-0.25, -0.2) is 0 Å². The zero-order valence-electron chi connectivity index (χ0n) is 18.4. The van der Waals surface area contributed by atoms with Gasteiger partial charge in [-0.1, -0.05) is 55.8 Å². The van der Waals surface area contributed by atoms with E-state index >= 15 is 0 Å². The molecule has 0 fully saturated rings. The summed E-state index contributed by atoms with van der Waals surface area (Å²) in [7, 11) is 0. The molecule has 0 spiro atoms. The highest BCUT2D eigenvalue weighted by Crippen LogP contribution is 2.39. The van der Waals surface area contributed by atoms with Crippen LogP contribution in [0.4, 0.5) is 0 Å². The first-order chi connectivity index (χ1) is 15.5. The standard InChI is InChI=1S/C26H25ClN4O/c1-18(2)26(3,20-9-7-19(8-10-20)23-12-14-25(27)31-30-23)24-13-11-22(16-29-24)32-17-21-6-4-5-15-28-21/h4-16,18H,17H2,1-3H3. The first-order valence-electron chi connectivity index (χ1n) is 10.6. The van der Waals surface area contributed by atoms with E-state index in [1.165, 1.54) is 5.56 Å². The van der Waals surface area contributed by atoms with Crippen molar-refractivity contribution in [2.45, 2.75) is 32.8 Å². The van der Waals surface area contributed by atoms with Gasteiger partial charge in [0.25, 0.3) is 0 Å². The maximum absolute atomic E-state index is 5.86. The molecule has 0 N–H and O–H groups in total. The molecule has 6 heteroatoms. The number of ether oxygens (including phenoxy) is 1. The van der Waals surface area contributed by atoms with Gasteiger partial charge in [-0.05, 0) is 54.8 Å². The van der Waals surface area contributed by atoms with Gasteiger partial charge in [0.1, 0.15) is 12.4 Å². The molecule has 5 nitrogen and oxygen atoms in total. The molecule has 3 aromatic heterocycles. The molecule has 4 aromatic rings. The molecule has 1 unspecified atom stereocenters. The molecule has 0 aliphatic rings. The average molecular weight is 445 g/mol. The van der Waals surface area contributed by atoms with Gasteiger partial charge in [0, 0.05) is 17.2 Å². The second kappa shape index (κ2) is 9.45. The molecule has 0 aliphatic carbocycles. The molecular formula is C26H25ClN4O. The third-order valence-electron chi connectivity index (χ3n) is 5.95. The minimum absolute atomic E-state index is 0.260. The van der Waals surface area contributed by atoms with Gasteiger partial charge < -0.3 is 4.74 Å². The Labute approximate surface area is 193 Å². The number of hydrogen-bond donors (Lipinski definition) is 0. The summed E-state index contributed by atoms with van der Waals surface area (Å²) in [4.78, 5) is 9.05. The van der Waals surface area contributed by atoms with Crippen LogP contribution in [0.3, 0.4) is 0 Å². The van der Waals surface area contributed by atoms with Crippen LogP contribution in [0.25, 0.3) is 11.3 Å². The molecule has 0 saturated heterocycles. The molecule has 0 radical (unpaired) electrons. The summed E-state index contributed by atoms with van der Waals surface area (Å²) in [6, 6.07) is 21.8. The van der Waals surface area contributed by atoms with Crippen molar-refractivity contribution in [2.75, 3.05) is 0 Å². The van der Waals surface area contributed by atoms with E-state index < -0.39 is 0 Å². The quantitative estimate of drug-likeness (QED) is 0.343. The van der Waals surface area contributed by atoms with Crippen molar-refractivity contribution < 1.29 is 4.74 Å². The summed E-state index contributed by atoms with van der Waals surface area (Å²) in [6.45, 7) is 7.07. The lowest BCUT2D eigenvalue weighted by molar-refractivity contribution is 0.299. The van der Waals surface area contributed by atoms with Crippen LogP contribution in [0, 0.1) is 5.92 Å². The topological polar surface area (TPSA) is 60.8 Å². The highest BCUT2D eigenvalue weighted by atomic mass is 35.5. The van der Waals surface area contributed by atoms with Crippen LogP contribution in [0.5, 0.6) is 5.75 Å². The van der Waals surface area contributed by atoms with E-state index in [2.05, 4.69) is 60.2 Å². The molecule has 0 amide bonds. The largest absolute Gasteiger partial charge is 0.486 e. The van der Waals surface area contributed by atoms with E-state index in [0.29, 0.717) is 17.7 Å². The number of benzene rings is 1. The fourth-order valence-electron chi connectivity index (χ4n) is 3.65. The zero-order valence-corrected chi connectivity index (χ0v) is 19.1. The lowest BCUT2D eigenvalue weighted by Gasteiger charge is -2.34. The van der Waals surface area contributed by atoms with Crippen LogP contribution in [0.2, 0.25) is 5.15 Å². The number of aromatic nitrogens is 4. The summed E-state index contributed by atoms with van der Waals surface area (Å²) in [6.07, 6.45) is 3.55. The Morgan fingerprint density at radius 1 is 0.906 bits per heavy atom. The monoisotopic (exact) mass is 444 g/mol. The molecular weight excluding hydrogens is 420 g/mol. The van der Waals surface area contributed by atoms with Gasteiger partial charge in [0.05, 0.1) is 23.3 Å². The van der Waals surface area contributed by atoms with E-state index in [0.717, 1.165) is 28.4 Å². The highest BCUT2D eigenvalue weighted by molar-refractivity contribution is 6.29. The van der Waals surface area contributed by atoms with Crippen LogP contribution in [-0.2, 0) is 12.0 Å². The third-order valence-corrected chi connectivity index (χ3v) is 6.15. The van der Waals surface area contributed by atoms with Crippen molar-refractivity contribution in [1.29, 1.82) is 0 Å². The van der Waals surface area contributed by atoms with E-state index in [1.54, 1.807) is 18.5 Å². The predicted molar refractivity (Wildman–Crippen MR) is 127 cm³/mol. The lowest BCUT2D eigenvalue weighted by atomic mass is 9.70. The van der Waals surface area contributed by atoms with Crippen LogP contribution >= 0.6 is 11.6 Å². The van der Waals surface area contributed by atoms with Crippen LogP contribution in [0.1, 0.15) is 37.7 Å². The zero-order chi connectivity index (χ0) is 22.6. The number of rotatable bonds is 7. The Balaban J connectivity index is 1.55. The maximum atomic E-state index is 5.86. The van der Waals surface area contributed by atoms with Gasteiger partial charge in [-0.15, -0.1) is 10.2 Å². The molecule has 1 atom stereocenters.